The SMILES string of the molecule is CC(C)(C#N)C(=O)NCC1CCC(O)C1. The van der Waals surface area contributed by atoms with Gasteiger partial charge in [-0.2, -0.15) is 5.26 Å². The number of carbonyl (C=O) groups excluding carboxylic acids is 1. The molecular formula is C11H18N2O2. The van der Waals surface area contributed by atoms with E-state index in [0.717, 1.165) is 19.3 Å². The van der Waals surface area contributed by atoms with E-state index in [9.17, 15) is 9.90 Å². The summed E-state index contributed by atoms with van der Waals surface area (Å²) in [7, 11) is 0. The van der Waals surface area contributed by atoms with Gasteiger partial charge in [0.05, 0.1) is 12.2 Å². The van der Waals surface area contributed by atoms with Crippen molar-refractivity contribution < 1.29 is 9.90 Å². The van der Waals surface area contributed by atoms with Crippen LogP contribution in [-0.2, 0) is 4.79 Å². The Morgan fingerprint density at radius 1 is 1.60 bits per heavy atom. The molecule has 1 saturated carbocycles. The summed E-state index contributed by atoms with van der Waals surface area (Å²) in [6.07, 6.45) is 2.32. The second-order valence-corrected chi connectivity index (χ2v) is 4.78. The molecule has 0 bridgehead atoms. The first-order valence-electron chi connectivity index (χ1n) is 5.33. The van der Waals surface area contributed by atoms with Crippen molar-refractivity contribution in [2.24, 2.45) is 11.3 Å². The predicted octanol–water partition coefficient (Wildman–Crippen LogP) is 0.813. The molecule has 0 radical (unpaired) electrons. The molecule has 2 unspecified atom stereocenters. The molecule has 15 heavy (non-hydrogen) atoms. The summed E-state index contributed by atoms with van der Waals surface area (Å²) in [6, 6.07) is 1.96. The van der Waals surface area contributed by atoms with Crippen LogP contribution in [0.3, 0.4) is 0 Å². The Kier molecular flexibility index (Phi) is 3.70. The fourth-order valence-corrected chi connectivity index (χ4v) is 1.74. The van der Waals surface area contributed by atoms with E-state index in [4.69, 9.17) is 5.26 Å². The Bertz CT molecular complexity index is 281. The van der Waals surface area contributed by atoms with Crippen LogP contribution in [0.25, 0.3) is 0 Å². The van der Waals surface area contributed by atoms with Gasteiger partial charge >= 0.3 is 0 Å². The van der Waals surface area contributed by atoms with Gasteiger partial charge in [-0.3, -0.25) is 4.79 Å². The third kappa shape index (κ3) is 3.21. The van der Waals surface area contributed by atoms with Gasteiger partial charge in [-0.05, 0) is 39.0 Å². The number of nitrogens with zero attached hydrogens (tertiary/aromatic N) is 1. The number of hydrogen-bond acceptors (Lipinski definition) is 3. The number of nitriles is 1. The van der Waals surface area contributed by atoms with E-state index in [0.29, 0.717) is 12.5 Å². The van der Waals surface area contributed by atoms with Gasteiger partial charge in [0.25, 0.3) is 0 Å². The van der Waals surface area contributed by atoms with Crippen molar-refractivity contribution in [3.05, 3.63) is 0 Å². The molecule has 0 aromatic heterocycles. The van der Waals surface area contributed by atoms with Gasteiger partial charge in [0.15, 0.2) is 0 Å². The minimum Gasteiger partial charge on any atom is -0.393 e. The molecule has 1 aliphatic rings. The summed E-state index contributed by atoms with van der Waals surface area (Å²) >= 11 is 0. The highest BCUT2D eigenvalue weighted by Gasteiger charge is 2.29. The lowest BCUT2D eigenvalue weighted by Crippen LogP contribution is -2.38. The number of nitrogens with one attached hydrogen (secondary N) is 1. The number of aliphatic hydroxyl groups excluding tert-OH is 1. The zero-order valence-corrected chi connectivity index (χ0v) is 9.29. The van der Waals surface area contributed by atoms with Crippen LogP contribution >= 0.6 is 0 Å². The Balaban J connectivity index is 2.32. The van der Waals surface area contributed by atoms with Crippen LogP contribution in [0.5, 0.6) is 0 Å². The van der Waals surface area contributed by atoms with E-state index in [2.05, 4.69) is 5.32 Å². The lowest BCUT2D eigenvalue weighted by molar-refractivity contribution is -0.127. The standard InChI is InChI=1S/C11H18N2O2/c1-11(2,7-12)10(15)13-6-8-3-4-9(14)5-8/h8-9,14H,3-6H2,1-2H3,(H,13,15). The van der Waals surface area contributed by atoms with Gasteiger partial charge in [-0.1, -0.05) is 0 Å². The zero-order valence-electron chi connectivity index (χ0n) is 9.29. The molecule has 2 atom stereocenters. The van der Waals surface area contributed by atoms with Crippen LogP contribution in [0.2, 0.25) is 0 Å². The minimum absolute atomic E-state index is 0.212. The summed E-state index contributed by atoms with van der Waals surface area (Å²) in [6.45, 7) is 3.78. The first kappa shape index (κ1) is 12.0. The van der Waals surface area contributed by atoms with Gasteiger partial charge in [0.2, 0.25) is 5.91 Å². The Hall–Kier alpha value is -1.08. The van der Waals surface area contributed by atoms with Gasteiger partial charge in [-0.15, -0.1) is 0 Å². The molecule has 1 rings (SSSR count). The van der Waals surface area contributed by atoms with E-state index in [1.54, 1.807) is 13.8 Å². The average Bonchev–Trinajstić information content (AvgIpc) is 2.60. The molecule has 2 N–H and O–H groups in total. The highest BCUT2D eigenvalue weighted by molar-refractivity contribution is 5.84. The number of carbonyl (C=O) groups is 1. The molecule has 84 valence electrons. The number of hydrogen-bond donors (Lipinski definition) is 2. The van der Waals surface area contributed by atoms with Crippen molar-refractivity contribution in [3.8, 4) is 6.07 Å². The topological polar surface area (TPSA) is 73.1 Å². The van der Waals surface area contributed by atoms with Crippen molar-refractivity contribution in [1.82, 2.24) is 5.32 Å². The van der Waals surface area contributed by atoms with Gasteiger partial charge < -0.3 is 10.4 Å². The normalized spacial score (nSPS) is 26.0. The first-order valence-corrected chi connectivity index (χ1v) is 5.33. The summed E-state index contributed by atoms with van der Waals surface area (Å²) < 4.78 is 0. The van der Waals surface area contributed by atoms with E-state index < -0.39 is 5.41 Å². The number of aliphatic hydroxyl groups is 1. The maximum absolute atomic E-state index is 11.5. The van der Waals surface area contributed by atoms with E-state index in [-0.39, 0.29) is 12.0 Å². The number of rotatable bonds is 3. The maximum Gasteiger partial charge on any atom is 0.239 e. The lowest BCUT2D eigenvalue weighted by Gasteiger charge is -2.17. The molecule has 0 aromatic rings. The van der Waals surface area contributed by atoms with Crippen LogP contribution < -0.4 is 5.32 Å². The Morgan fingerprint density at radius 2 is 2.27 bits per heavy atom. The fraction of sp³-hybridized carbons (Fsp3) is 0.818. The van der Waals surface area contributed by atoms with Gasteiger partial charge in [-0.25, -0.2) is 0 Å². The van der Waals surface area contributed by atoms with Crippen molar-refractivity contribution in [2.45, 2.75) is 39.2 Å². The zero-order chi connectivity index (χ0) is 11.5. The number of amides is 1. The quantitative estimate of drug-likeness (QED) is 0.724. The van der Waals surface area contributed by atoms with Crippen LogP contribution in [-0.4, -0.2) is 23.7 Å². The third-order valence-electron chi connectivity index (χ3n) is 2.91. The average molecular weight is 210 g/mol. The molecular weight excluding hydrogens is 192 g/mol. The fourth-order valence-electron chi connectivity index (χ4n) is 1.74. The van der Waals surface area contributed by atoms with Gasteiger partial charge in [0.1, 0.15) is 5.41 Å². The van der Waals surface area contributed by atoms with Crippen LogP contribution in [0, 0.1) is 22.7 Å². The van der Waals surface area contributed by atoms with E-state index in [1.807, 2.05) is 6.07 Å². The summed E-state index contributed by atoms with van der Waals surface area (Å²) in [5.74, 6) is 0.129. The largest absolute Gasteiger partial charge is 0.393 e. The van der Waals surface area contributed by atoms with Crippen molar-refractivity contribution in [2.75, 3.05) is 6.54 Å². The van der Waals surface area contributed by atoms with Crippen molar-refractivity contribution in [3.63, 3.8) is 0 Å². The van der Waals surface area contributed by atoms with Crippen LogP contribution in [0.15, 0.2) is 0 Å². The molecule has 4 heteroatoms. The molecule has 4 nitrogen and oxygen atoms in total. The maximum atomic E-state index is 11.5. The second-order valence-electron chi connectivity index (χ2n) is 4.78. The second kappa shape index (κ2) is 4.63. The van der Waals surface area contributed by atoms with E-state index >= 15 is 0 Å². The van der Waals surface area contributed by atoms with Gasteiger partial charge in [0, 0.05) is 6.54 Å². The molecule has 1 aliphatic carbocycles. The molecule has 1 fully saturated rings. The lowest BCUT2D eigenvalue weighted by atomic mass is 9.94. The monoisotopic (exact) mass is 210 g/mol. The summed E-state index contributed by atoms with van der Waals surface area (Å²) in [4.78, 5) is 11.5. The van der Waals surface area contributed by atoms with Crippen LogP contribution in [0.4, 0.5) is 0 Å². The molecule has 0 saturated heterocycles. The molecule has 1 amide bonds. The molecule has 0 aliphatic heterocycles. The smallest absolute Gasteiger partial charge is 0.239 e. The summed E-state index contributed by atoms with van der Waals surface area (Å²) in [5.41, 5.74) is -0.961. The predicted molar refractivity (Wildman–Crippen MR) is 55.8 cm³/mol. The highest BCUT2D eigenvalue weighted by Crippen LogP contribution is 2.24. The highest BCUT2D eigenvalue weighted by atomic mass is 16.3. The summed E-state index contributed by atoms with van der Waals surface area (Å²) in [5, 5.41) is 20.8. The van der Waals surface area contributed by atoms with Crippen molar-refractivity contribution in [1.29, 1.82) is 5.26 Å². The first-order chi connectivity index (χ1) is 6.95. The molecule has 0 spiro atoms. The van der Waals surface area contributed by atoms with Crippen LogP contribution in [0.1, 0.15) is 33.1 Å². The minimum atomic E-state index is -0.961. The molecule has 0 aromatic carbocycles. The van der Waals surface area contributed by atoms with E-state index in [1.165, 1.54) is 0 Å². The molecule has 0 heterocycles. The van der Waals surface area contributed by atoms with Crippen molar-refractivity contribution >= 4 is 5.91 Å². The Morgan fingerprint density at radius 3 is 2.73 bits per heavy atom. The Labute approximate surface area is 90.3 Å². The third-order valence-corrected chi connectivity index (χ3v) is 2.91.